The minimum absolute atomic E-state index is 0.0390. The van der Waals surface area contributed by atoms with Crippen LogP contribution in [0.2, 0.25) is 0 Å². The first-order valence-corrected chi connectivity index (χ1v) is 10.3. The van der Waals surface area contributed by atoms with Gasteiger partial charge < -0.3 is 19.0 Å². The Kier molecular flexibility index (Phi) is 9.39. The Labute approximate surface area is 162 Å². The van der Waals surface area contributed by atoms with E-state index >= 15 is 0 Å². The first-order valence-electron chi connectivity index (χ1n) is 10.3. The summed E-state index contributed by atoms with van der Waals surface area (Å²) in [5.41, 5.74) is 0. The van der Waals surface area contributed by atoms with Gasteiger partial charge in [-0.1, -0.05) is 26.7 Å². The predicted octanol–water partition coefficient (Wildman–Crippen LogP) is 3.61. The zero-order chi connectivity index (χ0) is 19.5. The van der Waals surface area contributed by atoms with Crippen LogP contribution in [0, 0.1) is 0 Å². The van der Waals surface area contributed by atoms with Crippen molar-refractivity contribution < 1.29 is 18.7 Å². The number of rotatable bonds is 12. The lowest BCUT2D eigenvalue weighted by Gasteiger charge is -2.29. The highest BCUT2D eigenvalue weighted by atomic mass is 16.5. The molecule has 0 aliphatic carbocycles. The smallest absolute Gasteiger partial charge is 0.242 e. The molecule has 0 radical (unpaired) electrons. The normalized spacial score (nSPS) is 16.4. The second-order valence-corrected chi connectivity index (χ2v) is 7.26. The van der Waals surface area contributed by atoms with Crippen LogP contribution in [-0.4, -0.2) is 54.0 Å². The van der Waals surface area contributed by atoms with Gasteiger partial charge in [0.2, 0.25) is 11.8 Å². The van der Waals surface area contributed by atoms with Crippen molar-refractivity contribution in [3.8, 4) is 0 Å². The summed E-state index contributed by atoms with van der Waals surface area (Å²) in [7, 11) is 0. The maximum absolute atomic E-state index is 13.0. The molecule has 2 heterocycles. The highest BCUT2D eigenvalue weighted by Gasteiger charge is 2.26. The van der Waals surface area contributed by atoms with E-state index in [-0.39, 0.29) is 24.5 Å². The predicted molar refractivity (Wildman–Crippen MR) is 104 cm³/mol. The van der Waals surface area contributed by atoms with Gasteiger partial charge in [0.1, 0.15) is 5.76 Å². The average Bonchev–Trinajstić information content (AvgIpc) is 3.36. The molecule has 27 heavy (non-hydrogen) atoms. The van der Waals surface area contributed by atoms with Crippen LogP contribution in [0.3, 0.4) is 0 Å². The first kappa shape index (κ1) is 21.5. The highest BCUT2D eigenvalue weighted by molar-refractivity contribution is 5.84. The van der Waals surface area contributed by atoms with Crippen LogP contribution in [0.25, 0.3) is 0 Å². The van der Waals surface area contributed by atoms with Gasteiger partial charge >= 0.3 is 0 Å². The van der Waals surface area contributed by atoms with E-state index in [0.717, 1.165) is 50.9 Å². The van der Waals surface area contributed by atoms with Gasteiger partial charge in [-0.2, -0.15) is 0 Å². The standard InChI is InChI=1S/C21H34N2O4/c1-3-5-11-20(24)22(12-6-4-2)17-21(25)23(15-18-9-7-13-26-18)16-19-10-8-14-27-19/h7,9,13,19H,3-6,8,10-12,14-17H2,1-2H3. The van der Waals surface area contributed by atoms with Crippen molar-refractivity contribution in [2.45, 2.75) is 71.4 Å². The van der Waals surface area contributed by atoms with Crippen LogP contribution in [0.15, 0.2) is 22.8 Å². The molecule has 0 N–H and O–H groups in total. The third-order valence-electron chi connectivity index (χ3n) is 4.93. The number of amides is 2. The van der Waals surface area contributed by atoms with Gasteiger partial charge in [0, 0.05) is 26.1 Å². The third kappa shape index (κ3) is 7.37. The van der Waals surface area contributed by atoms with E-state index in [1.807, 2.05) is 12.1 Å². The van der Waals surface area contributed by atoms with Crippen molar-refractivity contribution in [1.82, 2.24) is 9.80 Å². The number of unbranched alkanes of at least 4 members (excludes halogenated alkanes) is 2. The molecule has 0 spiro atoms. The Hall–Kier alpha value is -1.82. The van der Waals surface area contributed by atoms with E-state index in [1.165, 1.54) is 0 Å². The lowest BCUT2D eigenvalue weighted by molar-refractivity contribution is -0.142. The molecule has 6 nitrogen and oxygen atoms in total. The number of carbonyl (C=O) groups is 2. The SMILES string of the molecule is CCCCC(=O)N(CCCC)CC(=O)N(Cc1ccco1)CC1CCCO1. The summed E-state index contributed by atoms with van der Waals surface area (Å²) in [5, 5.41) is 0. The van der Waals surface area contributed by atoms with E-state index in [2.05, 4.69) is 13.8 Å². The second-order valence-electron chi connectivity index (χ2n) is 7.26. The monoisotopic (exact) mass is 378 g/mol. The third-order valence-corrected chi connectivity index (χ3v) is 4.93. The highest BCUT2D eigenvalue weighted by Crippen LogP contribution is 2.16. The van der Waals surface area contributed by atoms with E-state index < -0.39 is 0 Å². The molecule has 1 aromatic rings. The fraction of sp³-hybridized carbons (Fsp3) is 0.714. The van der Waals surface area contributed by atoms with Crippen molar-refractivity contribution in [2.24, 2.45) is 0 Å². The molecule has 1 fully saturated rings. The van der Waals surface area contributed by atoms with Gasteiger partial charge in [-0.25, -0.2) is 0 Å². The van der Waals surface area contributed by atoms with Crippen molar-refractivity contribution in [3.63, 3.8) is 0 Å². The van der Waals surface area contributed by atoms with Crippen LogP contribution >= 0.6 is 0 Å². The van der Waals surface area contributed by atoms with Crippen molar-refractivity contribution >= 4 is 11.8 Å². The molecule has 2 rings (SSSR count). The minimum Gasteiger partial charge on any atom is -0.467 e. The molecule has 1 unspecified atom stereocenters. The molecule has 1 saturated heterocycles. The van der Waals surface area contributed by atoms with Crippen LogP contribution in [-0.2, 0) is 20.9 Å². The summed E-state index contributed by atoms with van der Waals surface area (Å²) in [6, 6.07) is 3.70. The summed E-state index contributed by atoms with van der Waals surface area (Å²) in [4.78, 5) is 29.1. The Balaban J connectivity index is 2.01. The largest absolute Gasteiger partial charge is 0.467 e. The molecule has 2 amide bonds. The topological polar surface area (TPSA) is 63.0 Å². The molecule has 1 atom stereocenters. The summed E-state index contributed by atoms with van der Waals surface area (Å²) in [6.07, 6.45) is 7.95. The van der Waals surface area contributed by atoms with Crippen molar-refractivity contribution in [3.05, 3.63) is 24.2 Å². The molecule has 1 aromatic heterocycles. The van der Waals surface area contributed by atoms with E-state index in [4.69, 9.17) is 9.15 Å². The van der Waals surface area contributed by atoms with Gasteiger partial charge in [-0.3, -0.25) is 9.59 Å². The average molecular weight is 379 g/mol. The van der Waals surface area contributed by atoms with Gasteiger partial charge in [-0.05, 0) is 37.8 Å². The number of carbonyl (C=O) groups excluding carboxylic acids is 2. The fourth-order valence-electron chi connectivity index (χ4n) is 3.27. The van der Waals surface area contributed by atoms with E-state index in [9.17, 15) is 9.59 Å². The Morgan fingerprint density at radius 3 is 2.59 bits per heavy atom. The van der Waals surface area contributed by atoms with Gasteiger partial charge in [0.15, 0.2) is 0 Å². The van der Waals surface area contributed by atoms with Crippen LogP contribution in [0.1, 0.15) is 64.6 Å². The Morgan fingerprint density at radius 1 is 1.15 bits per heavy atom. The number of nitrogens with zero attached hydrogens (tertiary/aromatic N) is 2. The van der Waals surface area contributed by atoms with E-state index in [1.54, 1.807) is 16.1 Å². The molecule has 0 bridgehead atoms. The van der Waals surface area contributed by atoms with Crippen LogP contribution < -0.4 is 0 Å². The number of hydrogen-bond donors (Lipinski definition) is 0. The number of furan rings is 1. The molecule has 1 aliphatic heterocycles. The zero-order valence-electron chi connectivity index (χ0n) is 16.8. The van der Waals surface area contributed by atoms with Gasteiger partial charge in [0.05, 0.1) is 25.5 Å². The number of ether oxygens (including phenoxy) is 1. The molecule has 6 heteroatoms. The summed E-state index contributed by atoms with van der Waals surface area (Å²) in [5.74, 6) is 0.787. The molecular weight excluding hydrogens is 344 g/mol. The fourth-order valence-corrected chi connectivity index (χ4v) is 3.27. The number of hydrogen-bond acceptors (Lipinski definition) is 4. The lowest BCUT2D eigenvalue weighted by atomic mass is 10.2. The summed E-state index contributed by atoms with van der Waals surface area (Å²) < 4.78 is 11.2. The van der Waals surface area contributed by atoms with Crippen molar-refractivity contribution in [2.75, 3.05) is 26.2 Å². The van der Waals surface area contributed by atoms with Gasteiger partial charge in [-0.15, -0.1) is 0 Å². The van der Waals surface area contributed by atoms with Crippen LogP contribution in [0.4, 0.5) is 0 Å². The van der Waals surface area contributed by atoms with E-state index in [0.29, 0.717) is 26.1 Å². The molecule has 0 aromatic carbocycles. The molecule has 1 aliphatic rings. The maximum atomic E-state index is 13.0. The zero-order valence-corrected chi connectivity index (χ0v) is 16.8. The quantitative estimate of drug-likeness (QED) is 0.557. The maximum Gasteiger partial charge on any atom is 0.242 e. The Morgan fingerprint density at radius 2 is 1.96 bits per heavy atom. The minimum atomic E-state index is -0.0390. The lowest BCUT2D eigenvalue weighted by Crippen LogP contribution is -2.45. The van der Waals surface area contributed by atoms with Crippen molar-refractivity contribution in [1.29, 1.82) is 0 Å². The van der Waals surface area contributed by atoms with Crippen LogP contribution in [0.5, 0.6) is 0 Å². The molecule has 152 valence electrons. The Bertz CT molecular complexity index is 553. The summed E-state index contributed by atoms with van der Waals surface area (Å²) >= 11 is 0. The molecular formula is C21H34N2O4. The second kappa shape index (κ2) is 11.8. The molecule has 0 saturated carbocycles. The summed E-state index contributed by atoms with van der Waals surface area (Å²) in [6.45, 7) is 6.65. The van der Waals surface area contributed by atoms with Gasteiger partial charge in [0.25, 0.3) is 0 Å². The first-order chi connectivity index (χ1) is 13.1.